The summed E-state index contributed by atoms with van der Waals surface area (Å²) in [6.07, 6.45) is 4.45. The van der Waals surface area contributed by atoms with Crippen LogP contribution in [0.5, 0.6) is 0 Å². The first kappa shape index (κ1) is 9.56. The minimum atomic E-state index is -0.321. The number of hydrogen-bond acceptors (Lipinski definition) is 2. The third kappa shape index (κ3) is 1.51. The number of aldehydes is 1. The van der Waals surface area contributed by atoms with Crippen molar-refractivity contribution in [1.29, 1.82) is 0 Å². The van der Waals surface area contributed by atoms with E-state index >= 15 is 0 Å². The molecule has 2 rings (SSSR count). The van der Waals surface area contributed by atoms with Crippen LogP contribution in [-0.4, -0.2) is 12.3 Å². The van der Waals surface area contributed by atoms with Crippen LogP contribution in [0.15, 0.2) is 18.2 Å². The largest absolute Gasteiger partial charge is 0.371 e. The van der Waals surface area contributed by atoms with Crippen LogP contribution in [0.2, 0.25) is 10.0 Å². The van der Waals surface area contributed by atoms with Gasteiger partial charge in [-0.15, -0.1) is 0 Å². The van der Waals surface area contributed by atoms with E-state index < -0.39 is 0 Å². The van der Waals surface area contributed by atoms with Gasteiger partial charge in [0, 0.05) is 0 Å². The van der Waals surface area contributed by atoms with E-state index in [1.54, 1.807) is 12.1 Å². The van der Waals surface area contributed by atoms with Crippen LogP contribution in [-0.2, 0) is 4.79 Å². The summed E-state index contributed by atoms with van der Waals surface area (Å²) in [6, 6.07) is 3.27. The van der Waals surface area contributed by atoms with E-state index in [-0.39, 0.29) is 6.04 Å². The van der Waals surface area contributed by atoms with Crippen molar-refractivity contribution in [2.75, 3.05) is 5.32 Å². The van der Waals surface area contributed by atoms with Gasteiger partial charge in [0.15, 0.2) is 0 Å². The Morgan fingerprint density at radius 1 is 1.36 bits per heavy atom. The standard InChI is InChI=1S/C10H7Cl2NO/c11-8-4-2-6-1-3-7(5-14)13-10(6)9(8)12/h1-5,7,13H. The lowest BCUT2D eigenvalue weighted by Gasteiger charge is -2.19. The molecule has 2 nitrogen and oxygen atoms in total. The summed E-state index contributed by atoms with van der Waals surface area (Å²) in [5.41, 5.74) is 1.66. The van der Waals surface area contributed by atoms with Gasteiger partial charge in [0.05, 0.1) is 15.7 Å². The molecular weight excluding hydrogens is 221 g/mol. The molecule has 0 radical (unpaired) electrons. The topological polar surface area (TPSA) is 29.1 Å². The number of benzene rings is 1. The monoisotopic (exact) mass is 227 g/mol. The van der Waals surface area contributed by atoms with Crippen LogP contribution in [0.4, 0.5) is 5.69 Å². The summed E-state index contributed by atoms with van der Waals surface area (Å²) in [7, 11) is 0. The summed E-state index contributed by atoms with van der Waals surface area (Å²) in [6.45, 7) is 0. The predicted molar refractivity (Wildman–Crippen MR) is 59.0 cm³/mol. The fourth-order valence-corrected chi connectivity index (χ4v) is 1.74. The molecule has 72 valence electrons. The lowest BCUT2D eigenvalue weighted by molar-refractivity contribution is -0.107. The predicted octanol–water partition coefficient (Wildman–Crippen LogP) is 3.00. The van der Waals surface area contributed by atoms with E-state index in [9.17, 15) is 4.79 Å². The maximum absolute atomic E-state index is 10.6. The van der Waals surface area contributed by atoms with Crippen LogP contribution in [0, 0.1) is 0 Å². The number of anilines is 1. The molecule has 1 aliphatic rings. The number of fused-ring (bicyclic) bond motifs is 1. The molecule has 1 aromatic carbocycles. The Labute approximate surface area is 91.5 Å². The lowest BCUT2D eigenvalue weighted by atomic mass is 10.1. The van der Waals surface area contributed by atoms with Gasteiger partial charge >= 0.3 is 0 Å². The highest BCUT2D eigenvalue weighted by Crippen LogP contribution is 2.35. The van der Waals surface area contributed by atoms with Gasteiger partial charge in [-0.3, -0.25) is 0 Å². The maximum Gasteiger partial charge on any atom is 0.146 e. The van der Waals surface area contributed by atoms with Gasteiger partial charge in [0.2, 0.25) is 0 Å². The summed E-state index contributed by atoms with van der Waals surface area (Å²) < 4.78 is 0. The van der Waals surface area contributed by atoms with Crippen molar-refractivity contribution in [2.45, 2.75) is 6.04 Å². The summed E-state index contributed by atoms with van der Waals surface area (Å²) in [4.78, 5) is 10.6. The molecule has 1 aromatic rings. The number of halogens is 2. The second-order valence-corrected chi connectivity index (χ2v) is 3.78. The van der Waals surface area contributed by atoms with Crippen LogP contribution >= 0.6 is 23.2 Å². The van der Waals surface area contributed by atoms with Gasteiger partial charge in [-0.1, -0.05) is 41.4 Å². The second-order valence-electron chi connectivity index (χ2n) is 2.99. The highest BCUT2D eigenvalue weighted by atomic mass is 35.5. The molecule has 1 N–H and O–H groups in total. The molecule has 4 heteroatoms. The Bertz CT molecular complexity index is 415. The van der Waals surface area contributed by atoms with Crippen LogP contribution in [0.25, 0.3) is 6.08 Å². The van der Waals surface area contributed by atoms with E-state index in [0.717, 1.165) is 17.5 Å². The molecule has 0 aliphatic carbocycles. The fraction of sp³-hybridized carbons (Fsp3) is 0.100. The number of rotatable bonds is 1. The smallest absolute Gasteiger partial charge is 0.146 e. The Hall–Kier alpha value is -0.990. The minimum Gasteiger partial charge on any atom is -0.371 e. The normalized spacial score (nSPS) is 18.6. The van der Waals surface area contributed by atoms with E-state index in [0.29, 0.717) is 10.0 Å². The Morgan fingerprint density at radius 3 is 2.86 bits per heavy atom. The third-order valence-corrected chi connectivity index (χ3v) is 2.87. The SMILES string of the molecule is O=CC1C=Cc2ccc(Cl)c(Cl)c2N1. The Kier molecular flexibility index (Phi) is 2.48. The number of hydrogen-bond donors (Lipinski definition) is 1. The molecule has 0 spiro atoms. The number of carbonyl (C=O) groups excluding carboxylic acids is 1. The molecule has 0 saturated heterocycles. The van der Waals surface area contributed by atoms with E-state index in [1.807, 2.05) is 12.1 Å². The molecule has 1 unspecified atom stereocenters. The zero-order chi connectivity index (χ0) is 10.1. The molecule has 0 fully saturated rings. The van der Waals surface area contributed by atoms with Crippen molar-refractivity contribution in [1.82, 2.24) is 0 Å². The molecule has 14 heavy (non-hydrogen) atoms. The van der Waals surface area contributed by atoms with Crippen LogP contribution < -0.4 is 5.32 Å². The van der Waals surface area contributed by atoms with Crippen molar-refractivity contribution < 1.29 is 4.79 Å². The van der Waals surface area contributed by atoms with E-state index in [1.165, 1.54) is 0 Å². The van der Waals surface area contributed by atoms with Gasteiger partial charge < -0.3 is 10.1 Å². The highest BCUT2D eigenvalue weighted by Gasteiger charge is 2.15. The number of carbonyl (C=O) groups is 1. The lowest BCUT2D eigenvalue weighted by Crippen LogP contribution is -2.21. The first-order valence-corrected chi connectivity index (χ1v) is 4.86. The van der Waals surface area contributed by atoms with Gasteiger partial charge in [0.1, 0.15) is 12.3 Å². The van der Waals surface area contributed by atoms with Crippen molar-refractivity contribution in [3.8, 4) is 0 Å². The van der Waals surface area contributed by atoms with Crippen molar-refractivity contribution in [3.63, 3.8) is 0 Å². The quantitative estimate of drug-likeness (QED) is 0.748. The molecule has 0 bridgehead atoms. The fourth-order valence-electron chi connectivity index (χ4n) is 1.35. The van der Waals surface area contributed by atoms with Gasteiger partial charge in [0.25, 0.3) is 0 Å². The molecule has 0 saturated carbocycles. The van der Waals surface area contributed by atoms with Crippen molar-refractivity contribution in [2.24, 2.45) is 0 Å². The van der Waals surface area contributed by atoms with Crippen LogP contribution in [0.3, 0.4) is 0 Å². The molecule has 0 amide bonds. The van der Waals surface area contributed by atoms with Gasteiger partial charge in [-0.05, 0) is 11.6 Å². The third-order valence-electron chi connectivity index (χ3n) is 2.07. The van der Waals surface area contributed by atoms with Crippen molar-refractivity contribution >= 4 is 41.3 Å². The molecular formula is C10H7Cl2NO. The average Bonchev–Trinajstić information content (AvgIpc) is 2.23. The highest BCUT2D eigenvalue weighted by molar-refractivity contribution is 6.44. The first-order valence-electron chi connectivity index (χ1n) is 4.10. The first-order chi connectivity index (χ1) is 6.72. The van der Waals surface area contributed by atoms with Gasteiger partial charge in [-0.2, -0.15) is 0 Å². The Balaban J connectivity index is 2.51. The van der Waals surface area contributed by atoms with E-state index in [4.69, 9.17) is 23.2 Å². The average molecular weight is 228 g/mol. The zero-order valence-corrected chi connectivity index (χ0v) is 8.64. The van der Waals surface area contributed by atoms with Crippen molar-refractivity contribution in [3.05, 3.63) is 33.8 Å². The number of nitrogens with one attached hydrogen (secondary N) is 1. The minimum absolute atomic E-state index is 0.321. The molecule has 1 heterocycles. The maximum atomic E-state index is 10.6. The second kappa shape index (κ2) is 3.64. The molecule has 1 atom stereocenters. The van der Waals surface area contributed by atoms with Gasteiger partial charge in [-0.25, -0.2) is 0 Å². The summed E-state index contributed by atoms with van der Waals surface area (Å²) in [5.74, 6) is 0. The summed E-state index contributed by atoms with van der Waals surface area (Å²) in [5, 5.41) is 3.93. The summed E-state index contributed by atoms with van der Waals surface area (Å²) >= 11 is 11.8. The molecule has 1 aliphatic heterocycles. The van der Waals surface area contributed by atoms with Crippen LogP contribution in [0.1, 0.15) is 5.56 Å². The van der Waals surface area contributed by atoms with E-state index in [2.05, 4.69) is 5.32 Å². The zero-order valence-electron chi connectivity index (χ0n) is 7.13. The Morgan fingerprint density at radius 2 is 2.14 bits per heavy atom. The molecule has 0 aromatic heterocycles.